The third kappa shape index (κ3) is 3.10. The van der Waals surface area contributed by atoms with Crippen molar-refractivity contribution in [2.45, 2.75) is 36.8 Å². The van der Waals surface area contributed by atoms with Gasteiger partial charge in [0.1, 0.15) is 11.0 Å². The lowest BCUT2D eigenvalue weighted by Gasteiger charge is -2.05. The lowest BCUT2D eigenvalue weighted by atomic mass is 10.1. The molecule has 0 saturated heterocycles. The van der Waals surface area contributed by atoms with Gasteiger partial charge in [-0.2, -0.15) is 0 Å². The monoisotopic (exact) mass is 290 g/mol. The number of halogens is 1. The highest BCUT2D eigenvalue weighted by molar-refractivity contribution is 7.98. The van der Waals surface area contributed by atoms with Crippen molar-refractivity contribution in [3.63, 3.8) is 0 Å². The maximum atomic E-state index is 5.95. The van der Waals surface area contributed by atoms with Crippen molar-refractivity contribution in [1.82, 2.24) is 9.97 Å². The zero-order valence-electron chi connectivity index (χ0n) is 10.8. The van der Waals surface area contributed by atoms with Crippen LogP contribution in [0.3, 0.4) is 0 Å². The molecule has 1 aromatic heterocycles. The number of aromatic nitrogens is 2. The second-order valence-corrected chi connectivity index (χ2v) is 6.26. The molecule has 0 bridgehead atoms. The van der Waals surface area contributed by atoms with E-state index < -0.39 is 0 Å². The summed E-state index contributed by atoms with van der Waals surface area (Å²) in [6.45, 7) is 1.94. The van der Waals surface area contributed by atoms with Crippen LogP contribution in [-0.4, -0.2) is 9.97 Å². The van der Waals surface area contributed by atoms with Gasteiger partial charge in [-0.1, -0.05) is 17.7 Å². The Hall–Kier alpha value is -1.06. The van der Waals surface area contributed by atoms with Gasteiger partial charge in [-0.25, -0.2) is 9.97 Å². The Labute approximate surface area is 122 Å². The summed E-state index contributed by atoms with van der Waals surface area (Å²) in [6, 6.07) is 8.55. The average molecular weight is 291 g/mol. The maximum absolute atomic E-state index is 5.95. The number of thioether (sulfide) groups is 1. The van der Waals surface area contributed by atoms with Gasteiger partial charge in [0.15, 0.2) is 0 Å². The Balaban J connectivity index is 1.72. The van der Waals surface area contributed by atoms with Crippen LogP contribution in [0.25, 0.3) is 0 Å². The predicted molar refractivity (Wildman–Crippen MR) is 79.8 cm³/mol. The van der Waals surface area contributed by atoms with E-state index in [4.69, 9.17) is 11.6 Å². The van der Waals surface area contributed by atoms with Crippen LogP contribution in [0.5, 0.6) is 0 Å². The van der Waals surface area contributed by atoms with Gasteiger partial charge in [-0.15, -0.1) is 11.8 Å². The van der Waals surface area contributed by atoms with Gasteiger partial charge in [0.25, 0.3) is 0 Å². The SMILES string of the molecule is Cc1cc(Cl)nc(CSc2ccc3c(c2)CCC3)n1. The normalized spacial score (nSPS) is 13.6. The van der Waals surface area contributed by atoms with Crippen LogP contribution in [-0.2, 0) is 18.6 Å². The molecule has 1 heterocycles. The molecule has 1 aromatic carbocycles. The lowest BCUT2D eigenvalue weighted by Crippen LogP contribution is -1.95. The molecule has 0 N–H and O–H groups in total. The van der Waals surface area contributed by atoms with E-state index in [1.165, 1.54) is 35.3 Å². The van der Waals surface area contributed by atoms with E-state index in [0.717, 1.165) is 17.3 Å². The Morgan fingerprint density at radius 3 is 2.84 bits per heavy atom. The molecule has 0 unspecified atom stereocenters. The van der Waals surface area contributed by atoms with Crippen molar-refractivity contribution in [2.24, 2.45) is 0 Å². The van der Waals surface area contributed by atoms with Crippen molar-refractivity contribution in [2.75, 3.05) is 0 Å². The summed E-state index contributed by atoms with van der Waals surface area (Å²) in [6.07, 6.45) is 3.74. The standard InChI is InChI=1S/C15H15ClN2S/c1-10-7-14(16)18-15(17-10)9-19-13-6-5-11-3-2-4-12(11)8-13/h5-8H,2-4,9H2,1H3. The van der Waals surface area contributed by atoms with Crippen molar-refractivity contribution in [3.8, 4) is 0 Å². The van der Waals surface area contributed by atoms with Crippen LogP contribution < -0.4 is 0 Å². The van der Waals surface area contributed by atoms with Crippen LogP contribution >= 0.6 is 23.4 Å². The smallest absolute Gasteiger partial charge is 0.140 e. The number of hydrogen-bond acceptors (Lipinski definition) is 3. The van der Waals surface area contributed by atoms with Gasteiger partial charge < -0.3 is 0 Å². The molecule has 0 amide bonds. The fraction of sp³-hybridized carbons (Fsp3) is 0.333. The number of aryl methyl sites for hydroxylation is 3. The van der Waals surface area contributed by atoms with Crippen LogP contribution in [0.1, 0.15) is 29.1 Å². The first-order valence-corrected chi connectivity index (χ1v) is 7.82. The van der Waals surface area contributed by atoms with E-state index in [-0.39, 0.29) is 0 Å². The van der Waals surface area contributed by atoms with Crippen molar-refractivity contribution < 1.29 is 0 Å². The zero-order chi connectivity index (χ0) is 13.2. The summed E-state index contributed by atoms with van der Waals surface area (Å²) in [5, 5.41) is 0.525. The minimum Gasteiger partial charge on any atom is -0.237 e. The van der Waals surface area contributed by atoms with E-state index in [1.54, 1.807) is 17.8 Å². The van der Waals surface area contributed by atoms with Crippen LogP contribution in [0.4, 0.5) is 0 Å². The molecule has 0 aliphatic heterocycles. The number of rotatable bonds is 3. The molecule has 0 atom stereocenters. The molecule has 3 rings (SSSR count). The molecule has 0 spiro atoms. The van der Waals surface area contributed by atoms with Gasteiger partial charge >= 0.3 is 0 Å². The molecule has 2 aromatic rings. The molecule has 1 aliphatic carbocycles. The third-order valence-electron chi connectivity index (χ3n) is 3.31. The first kappa shape index (κ1) is 12.9. The highest BCUT2D eigenvalue weighted by Gasteiger charge is 2.11. The molecule has 4 heteroatoms. The van der Waals surface area contributed by atoms with E-state index in [9.17, 15) is 0 Å². The van der Waals surface area contributed by atoms with Gasteiger partial charge in [0.2, 0.25) is 0 Å². The van der Waals surface area contributed by atoms with Crippen molar-refractivity contribution in [3.05, 3.63) is 52.1 Å². The van der Waals surface area contributed by atoms with Crippen LogP contribution in [0.2, 0.25) is 5.15 Å². The predicted octanol–water partition coefficient (Wildman–Crippen LogP) is 4.22. The second kappa shape index (κ2) is 5.51. The highest BCUT2D eigenvalue weighted by atomic mass is 35.5. The molecular formula is C15H15ClN2S. The zero-order valence-corrected chi connectivity index (χ0v) is 12.4. The van der Waals surface area contributed by atoms with E-state index in [1.807, 2.05) is 6.92 Å². The fourth-order valence-electron chi connectivity index (χ4n) is 2.44. The Morgan fingerprint density at radius 2 is 2.00 bits per heavy atom. The summed E-state index contributed by atoms with van der Waals surface area (Å²) in [7, 11) is 0. The molecule has 0 saturated carbocycles. The Kier molecular flexibility index (Phi) is 3.76. The summed E-state index contributed by atoms with van der Waals surface area (Å²) in [5.74, 6) is 1.57. The van der Waals surface area contributed by atoms with Gasteiger partial charge in [-0.3, -0.25) is 0 Å². The Bertz CT molecular complexity index is 593. The quantitative estimate of drug-likeness (QED) is 0.625. The van der Waals surface area contributed by atoms with Gasteiger partial charge in [0, 0.05) is 10.6 Å². The second-order valence-electron chi connectivity index (χ2n) is 4.82. The van der Waals surface area contributed by atoms with Crippen molar-refractivity contribution >= 4 is 23.4 Å². The minimum atomic E-state index is 0.525. The number of benzene rings is 1. The van der Waals surface area contributed by atoms with E-state index in [2.05, 4.69) is 28.2 Å². The Morgan fingerprint density at radius 1 is 1.16 bits per heavy atom. The van der Waals surface area contributed by atoms with Crippen molar-refractivity contribution in [1.29, 1.82) is 0 Å². The number of fused-ring (bicyclic) bond motifs is 1. The van der Waals surface area contributed by atoms with Crippen LogP contribution in [0.15, 0.2) is 29.2 Å². The van der Waals surface area contributed by atoms with E-state index >= 15 is 0 Å². The fourth-order valence-corrected chi connectivity index (χ4v) is 3.51. The maximum Gasteiger partial charge on any atom is 0.140 e. The topological polar surface area (TPSA) is 25.8 Å². The minimum absolute atomic E-state index is 0.525. The molecular weight excluding hydrogens is 276 g/mol. The summed E-state index contributed by atoms with van der Waals surface area (Å²) in [4.78, 5) is 9.95. The third-order valence-corrected chi connectivity index (χ3v) is 4.49. The number of hydrogen-bond donors (Lipinski definition) is 0. The molecule has 98 valence electrons. The van der Waals surface area contributed by atoms with Gasteiger partial charge in [0.05, 0.1) is 5.75 Å². The van der Waals surface area contributed by atoms with Crippen LogP contribution in [0, 0.1) is 6.92 Å². The van der Waals surface area contributed by atoms with Gasteiger partial charge in [-0.05, 0) is 55.5 Å². The largest absolute Gasteiger partial charge is 0.237 e. The molecule has 0 radical (unpaired) electrons. The molecule has 2 nitrogen and oxygen atoms in total. The summed E-state index contributed by atoms with van der Waals surface area (Å²) >= 11 is 7.72. The molecule has 19 heavy (non-hydrogen) atoms. The molecule has 0 fully saturated rings. The summed E-state index contributed by atoms with van der Waals surface area (Å²) < 4.78 is 0. The summed E-state index contributed by atoms with van der Waals surface area (Å²) in [5.41, 5.74) is 3.94. The van der Waals surface area contributed by atoms with E-state index in [0.29, 0.717) is 5.15 Å². The first-order valence-electron chi connectivity index (χ1n) is 6.45. The lowest BCUT2D eigenvalue weighted by molar-refractivity contribution is 0.911. The first-order chi connectivity index (χ1) is 9.20. The molecule has 1 aliphatic rings. The average Bonchev–Trinajstić information content (AvgIpc) is 2.82. The number of nitrogens with zero attached hydrogens (tertiary/aromatic N) is 2. The highest BCUT2D eigenvalue weighted by Crippen LogP contribution is 2.29.